The van der Waals surface area contributed by atoms with Crippen molar-refractivity contribution >= 4 is 22.1 Å². The summed E-state index contributed by atoms with van der Waals surface area (Å²) in [6.07, 6.45) is 0.759. The number of H-pyrrole nitrogens is 2. The summed E-state index contributed by atoms with van der Waals surface area (Å²) in [5, 5.41) is 1.92. The lowest BCUT2D eigenvalue weighted by Gasteiger charge is -2.10. The zero-order valence-corrected chi connectivity index (χ0v) is 17.1. The van der Waals surface area contributed by atoms with Crippen LogP contribution in [0.4, 0.5) is 8.78 Å². The number of hydrogen-bond donors (Lipinski definition) is 2. The molecule has 4 heterocycles. The third kappa shape index (κ3) is 4.37. The van der Waals surface area contributed by atoms with E-state index in [-0.39, 0.29) is 11.8 Å². The third-order valence-electron chi connectivity index (χ3n) is 5.11. The van der Waals surface area contributed by atoms with Crippen molar-refractivity contribution in [3.63, 3.8) is 0 Å². The Bertz CT molecular complexity index is 1150. The number of hydrogen-bond acceptors (Lipinski definition) is 4. The smallest absolute Gasteiger partial charge is 0.388 e. The molecule has 0 fully saturated rings. The molecular formula is C22H24F2N4O2. The van der Waals surface area contributed by atoms with Crippen LogP contribution in [-0.2, 0) is 0 Å². The molecule has 4 aromatic rings. The highest BCUT2D eigenvalue weighted by Gasteiger charge is 2.13. The van der Waals surface area contributed by atoms with Gasteiger partial charge in [0.2, 0.25) is 11.8 Å². The summed E-state index contributed by atoms with van der Waals surface area (Å²) < 4.78 is 34.9. The average molecular weight is 414 g/mol. The Morgan fingerprint density at radius 1 is 0.867 bits per heavy atom. The first-order valence-electron chi connectivity index (χ1n) is 9.96. The van der Waals surface area contributed by atoms with E-state index in [1.54, 1.807) is 6.07 Å². The van der Waals surface area contributed by atoms with E-state index in [1.807, 2.05) is 18.2 Å². The second-order valence-electron chi connectivity index (χ2n) is 7.70. The van der Waals surface area contributed by atoms with E-state index in [0.717, 1.165) is 34.2 Å². The first-order chi connectivity index (χ1) is 14.4. The first-order valence-corrected chi connectivity index (χ1v) is 9.96. The SMILES string of the molecule is CC(C)c1cc2ccc(OCC[C@@H](C)c3cc4ccc(OC(F)F)nc4[nH]3)nc2[nH]1. The van der Waals surface area contributed by atoms with Gasteiger partial charge in [0, 0.05) is 34.3 Å². The number of halogens is 2. The maximum Gasteiger partial charge on any atom is 0.388 e. The van der Waals surface area contributed by atoms with Gasteiger partial charge in [-0.1, -0.05) is 20.8 Å². The molecule has 158 valence electrons. The van der Waals surface area contributed by atoms with Crippen LogP contribution in [0.1, 0.15) is 50.4 Å². The minimum atomic E-state index is -2.89. The largest absolute Gasteiger partial charge is 0.478 e. The van der Waals surface area contributed by atoms with E-state index in [0.29, 0.717) is 24.1 Å². The van der Waals surface area contributed by atoms with Gasteiger partial charge in [0.25, 0.3) is 0 Å². The lowest BCUT2D eigenvalue weighted by Crippen LogP contribution is -2.04. The molecule has 0 bridgehead atoms. The number of rotatable bonds is 8. The van der Waals surface area contributed by atoms with Crippen LogP contribution in [0, 0.1) is 0 Å². The molecule has 0 aliphatic carbocycles. The summed E-state index contributed by atoms with van der Waals surface area (Å²) in [4.78, 5) is 15.1. The van der Waals surface area contributed by atoms with Crippen LogP contribution < -0.4 is 9.47 Å². The van der Waals surface area contributed by atoms with E-state index in [2.05, 4.69) is 51.5 Å². The van der Waals surface area contributed by atoms with Gasteiger partial charge < -0.3 is 19.4 Å². The Hall–Kier alpha value is -3.16. The summed E-state index contributed by atoms with van der Waals surface area (Å²) in [7, 11) is 0. The molecule has 0 radical (unpaired) electrons. The quantitative estimate of drug-likeness (QED) is 0.386. The van der Waals surface area contributed by atoms with Crippen LogP contribution in [0.2, 0.25) is 0 Å². The highest BCUT2D eigenvalue weighted by Crippen LogP contribution is 2.26. The van der Waals surface area contributed by atoms with Crippen molar-refractivity contribution < 1.29 is 18.3 Å². The van der Waals surface area contributed by atoms with Crippen LogP contribution >= 0.6 is 0 Å². The normalized spacial score (nSPS) is 12.9. The van der Waals surface area contributed by atoms with Crippen molar-refractivity contribution in [1.29, 1.82) is 0 Å². The van der Waals surface area contributed by atoms with Gasteiger partial charge in [-0.3, -0.25) is 0 Å². The standard InChI is InChI=1S/C22H24F2N4O2/c1-12(2)16-10-14-4-6-18(27-20(14)25-16)29-9-8-13(3)17-11-15-5-7-19(30-22(23)24)28-21(15)26-17/h4-7,10-13,22H,8-9H2,1-3H3,(H,25,27)(H,26,28)/t13-/m1/s1. The molecular weight excluding hydrogens is 390 g/mol. The number of aromatic nitrogens is 4. The predicted molar refractivity (Wildman–Crippen MR) is 111 cm³/mol. The molecule has 0 saturated heterocycles. The fourth-order valence-electron chi connectivity index (χ4n) is 3.33. The van der Waals surface area contributed by atoms with Gasteiger partial charge in [0.1, 0.15) is 11.3 Å². The Morgan fingerprint density at radius 3 is 2.13 bits per heavy atom. The number of fused-ring (bicyclic) bond motifs is 2. The van der Waals surface area contributed by atoms with Crippen molar-refractivity contribution in [2.24, 2.45) is 0 Å². The van der Waals surface area contributed by atoms with Gasteiger partial charge in [-0.2, -0.15) is 18.7 Å². The fraction of sp³-hybridized carbons (Fsp3) is 0.364. The average Bonchev–Trinajstić information content (AvgIpc) is 3.30. The van der Waals surface area contributed by atoms with Crippen molar-refractivity contribution in [1.82, 2.24) is 19.9 Å². The van der Waals surface area contributed by atoms with Crippen LogP contribution in [0.3, 0.4) is 0 Å². The number of ether oxygens (including phenoxy) is 2. The molecule has 1 atom stereocenters. The summed E-state index contributed by atoms with van der Waals surface area (Å²) in [6.45, 7) is 3.95. The molecule has 0 spiro atoms. The van der Waals surface area contributed by atoms with Crippen molar-refractivity contribution in [3.8, 4) is 11.8 Å². The molecule has 4 rings (SSSR count). The second kappa shape index (κ2) is 8.30. The van der Waals surface area contributed by atoms with E-state index >= 15 is 0 Å². The summed E-state index contributed by atoms with van der Waals surface area (Å²) in [5.74, 6) is 1.06. The molecule has 0 amide bonds. The third-order valence-corrected chi connectivity index (χ3v) is 5.11. The monoisotopic (exact) mass is 414 g/mol. The minimum absolute atomic E-state index is 0.103. The van der Waals surface area contributed by atoms with Gasteiger partial charge in [0.15, 0.2) is 0 Å². The van der Waals surface area contributed by atoms with E-state index in [4.69, 9.17) is 4.74 Å². The molecule has 6 nitrogen and oxygen atoms in total. The van der Waals surface area contributed by atoms with Crippen LogP contribution in [0.5, 0.6) is 11.8 Å². The zero-order valence-electron chi connectivity index (χ0n) is 17.1. The summed E-state index contributed by atoms with van der Waals surface area (Å²) >= 11 is 0. The Balaban J connectivity index is 1.38. The topological polar surface area (TPSA) is 75.8 Å². The van der Waals surface area contributed by atoms with Gasteiger partial charge >= 0.3 is 6.61 Å². The van der Waals surface area contributed by atoms with E-state index in [1.165, 1.54) is 6.07 Å². The molecule has 4 aromatic heterocycles. The number of pyridine rings is 2. The minimum Gasteiger partial charge on any atom is -0.478 e. The number of nitrogens with one attached hydrogen (secondary N) is 2. The van der Waals surface area contributed by atoms with E-state index < -0.39 is 6.61 Å². The van der Waals surface area contributed by atoms with Crippen molar-refractivity contribution in [2.75, 3.05) is 6.61 Å². The van der Waals surface area contributed by atoms with Gasteiger partial charge in [0.05, 0.1) is 6.61 Å². The fourth-order valence-corrected chi connectivity index (χ4v) is 3.33. The molecule has 8 heteroatoms. The molecule has 0 saturated carbocycles. The molecule has 0 aromatic carbocycles. The zero-order chi connectivity index (χ0) is 21.3. The number of nitrogens with zero attached hydrogens (tertiary/aromatic N) is 2. The summed E-state index contributed by atoms with van der Waals surface area (Å²) in [5.41, 5.74) is 3.46. The predicted octanol–water partition coefficient (Wildman–Crippen LogP) is 5.74. The Kier molecular flexibility index (Phi) is 5.57. The maximum atomic E-state index is 12.4. The molecule has 0 aliphatic heterocycles. The maximum absolute atomic E-state index is 12.4. The molecule has 0 aliphatic rings. The van der Waals surface area contributed by atoms with Gasteiger partial charge in [-0.15, -0.1) is 0 Å². The number of aromatic amines is 2. The molecule has 0 unspecified atom stereocenters. The van der Waals surface area contributed by atoms with Crippen LogP contribution in [0.15, 0.2) is 36.4 Å². The molecule has 2 N–H and O–H groups in total. The Labute approximate surface area is 172 Å². The highest BCUT2D eigenvalue weighted by molar-refractivity contribution is 5.78. The van der Waals surface area contributed by atoms with Crippen LogP contribution in [-0.4, -0.2) is 33.2 Å². The first kappa shape index (κ1) is 20.1. The lowest BCUT2D eigenvalue weighted by molar-refractivity contribution is -0.0526. The molecule has 30 heavy (non-hydrogen) atoms. The van der Waals surface area contributed by atoms with Gasteiger partial charge in [-0.25, -0.2) is 0 Å². The Morgan fingerprint density at radius 2 is 1.47 bits per heavy atom. The highest BCUT2D eigenvalue weighted by atomic mass is 19.3. The second-order valence-corrected chi connectivity index (χ2v) is 7.70. The van der Waals surface area contributed by atoms with Crippen LogP contribution in [0.25, 0.3) is 22.1 Å². The van der Waals surface area contributed by atoms with Gasteiger partial charge in [-0.05, 0) is 42.5 Å². The van der Waals surface area contributed by atoms with E-state index in [9.17, 15) is 8.78 Å². The van der Waals surface area contributed by atoms with Crippen molar-refractivity contribution in [3.05, 3.63) is 47.8 Å². The summed E-state index contributed by atoms with van der Waals surface area (Å²) in [6, 6.07) is 11.1. The number of alkyl halides is 2. The lowest BCUT2D eigenvalue weighted by atomic mass is 10.0. The van der Waals surface area contributed by atoms with Crippen molar-refractivity contribution in [2.45, 2.75) is 45.6 Å².